The zero-order valence-electron chi connectivity index (χ0n) is 52.0. The smallest absolute Gasteiger partial charge is 0.388 e. The van der Waals surface area contributed by atoms with E-state index in [2.05, 4.69) is 29.3 Å². The van der Waals surface area contributed by atoms with E-state index in [1.807, 2.05) is 0 Å². The first-order valence-electron chi connectivity index (χ1n) is 29.5. The fourth-order valence-electron chi connectivity index (χ4n) is 11.9. The molecule has 14 bridgehead atoms. The van der Waals surface area contributed by atoms with Crippen molar-refractivity contribution in [3.05, 3.63) is 0 Å². The van der Waals surface area contributed by atoms with Gasteiger partial charge in [-0.3, -0.25) is 31.9 Å². The molecule has 1 saturated carbocycles. The van der Waals surface area contributed by atoms with Gasteiger partial charge in [0.1, 0.15) is 159 Å². The number of aliphatic hydroxyl groups is 14. The molecule has 0 aromatic heterocycles. The third kappa shape index (κ3) is 23.6. The quantitative estimate of drug-likeness (QED) is 0.0475. The topological polar surface area (TPSA) is 848 Å². The molecule has 20 heterocycles. The SMILES string of the molecule is O=S(=O)(O)OC[C@H]1C[C@@H]2O[C@H]3[C@H](O)[C@@H](O)[C@@H](O[C@H]4[C@H](O)[C@@H](O)[C@@H](O[C@H]5[C@H](O)[C@@H](O)[C@@H](O[C@H]6[C@H](O)[C@@H](O)[C@@H](O[C@H]7[C@H](O)[C@@H](O)[C@@H](O[C@H]8[C@H](O)[C@@H](O)[C@@H](O[C@H]1[C@H](O)[C@H]2O)O[C@@H]8COS(=O)(=O)O)O[C@@H]7COS(=O)(=O)O)O[C@@H]6COS(=O)(=O)O)O[C@@H]5COS(=O)(=O)O)O[C@@H]4COS(=O)(=O)O)O[C@@H]3COS(=O)(=O)O. The molecule has 616 valence electrons. The first-order valence-corrected chi connectivity index (χ1v) is 39.1. The van der Waals surface area contributed by atoms with E-state index in [1.165, 1.54) is 0 Å². The summed E-state index contributed by atoms with van der Waals surface area (Å²) in [6, 6.07) is 0. The molecule has 21 aliphatic rings. The lowest BCUT2D eigenvalue weighted by Gasteiger charge is -2.50. The van der Waals surface area contributed by atoms with Crippen LogP contribution in [-0.2, 0) is 164 Å². The van der Waals surface area contributed by atoms with Crippen LogP contribution in [0.25, 0.3) is 0 Å². The number of rotatable bonds is 21. The summed E-state index contributed by atoms with van der Waals surface area (Å²) in [5.41, 5.74) is 0. The first kappa shape index (κ1) is 88.6. The molecule has 0 radical (unpaired) electrons. The van der Waals surface area contributed by atoms with Crippen molar-refractivity contribution in [1.82, 2.24) is 0 Å². The minimum Gasteiger partial charge on any atom is -0.388 e. The Morgan fingerprint density at radius 2 is 0.371 bits per heavy atom. The summed E-state index contributed by atoms with van der Waals surface area (Å²) in [7, 11) is -39.5. The lowest BCUT2D eigenvalue weighted by Crippen LogP contribution is -2.68. The van der Waals surface area contributed by atoms with Gasteiger partial charge in [0.25, 0.3) is 0 Å². The van der Waals surface area contributed by atoms with Crippen molar-refractivity contribution in [3.63, 3.8) is 0 Å². The molecule has 20 aliphatic heterocycles. The lowest BCUT2D eigenvalue weighted by molar-refractivity contribution is -0.395. The maximum Gasteiger partial charge on any atom is 0.397 e. The highest BCUT2D eigenvalue weighted by Crippen LogP contribution is 2.41. The van der Waals surface area contributed by atoms with Gasteiger partial charge < -0.3 is 133 Å². The molecule has 0 amide bonds. The first-order chi connectivity index (χ1) is 48.2. The Kier molecular flexibility index (Phi) is 29.3. The molecule has 1 aliphatic carbocycles. The van der Waals surface area contributed by atoms with Crippen LogP contribution >= 0.6 is 0 Å². The Labute approximate surface area is 590 Å². The summed E-state index contributed by atoms with van der Waals surface area (Å²) in [4.78, 5) is 0. The number of aliphatic hydroxyl groups excluding tert-OH is 14. The van der Waals surface area contributed by atoms with E-state index in [0.717, 1.165) is 0 Å². The average molecular weight is 1690 g/mol. The maximum absolute atomic E-state index is 12.0. The zero-order valence-corrected chi connectivity index (χ0v) is 57.7. The van der Waals surface area contributed by atoms with Crippen molar-refractivity contribution in [3.8, 4) is 0 Å². The molecule has 62 heteroatoms. The Morgan fingerprint density at radius 1 is 0.210 bits per heavy atom. The number of hydrogen-bond acceptors (Lipinski definition) is 48. The monoisotopic (exact) mass is 1690 g/mol. The van der Waals surface area contributed by atoms with Gasteiger partial charge in [0, 0.05) is 5.92 Å². The van der Waals surface area contributed by atoms with Crippen LogP contribution < -0.4 is 0 Å². The Bertz CT molecular complexity index is 3040. The molecular weight excluding hydrogens is 1620 g/mol. The fourth-order valence-corrected chi connectivity index (χ4v) is 14.1. The molecule has 0 aromatic rings. The average Bonchev–Trinajstić information content (AvgIpc) is 0.789. The molecule has 105 heavy (non-hydrogen) atoms. The molecular formula is C43H72O55S7. The van der Waals surface area contributed by atoms with Crippen molar-refractivity contribution in [1.29, 1.82) is 0 Å². The van der Waals surface area contributed by atoms with E-state index in [1.54, 1.807) is 0 Å². The molecule has 20 saturated heterocycles. The van der Waals surface area contributed by atoms with Gasteiger partial charge in [0.2, 0.25) is 0 Å². The molecule has 21 N–H and O–H groups in total. The highest BCUT2D eigenvalue weighted by molar-refractivity contribution is 7.82. The van der Waals surface area contributed by atoms with E-state index in [0.29, 0.717) is 0 Å². The molecule has 0 aromatic carbocycles. The second-order valence-corrected chi connectivity index (χ2v) is 31.5. The number of hydrogen-bond donors (Lipinski definition) is 21. The second kappa shape index (κ2) is 34.8. The van der Waals surface area contributed by atoms with Gasteiger partial charge in [-0.2, -0.15) is 58.9 Å². The second-order valence-electron chi connectivity index (χ2n) is 23.9. The van der Waals surface area contributed by atoms with Crippen molar-refractivity contribution < 1.29 is 253 Å². The Hall–Kier alpha value is -1.99. The van der Waals surface area contributed by atoms with Crippen LogP contribution in [0.4, 0.5) is 0 Å². The van der Waals surface area contributed by atoms with Gasteiger partial charge in [-0.25, -0.2) is 29.3 Å². The molecule has 0 unspecified atom stereocenters. The van der Waals surface area contributed by atoms with E-state index in [4.69, 9.17) is 61.6 Å². The fraction of sp³-hybridized carbons (Fsp3) is 1.00. The predicted octanol–water partition coefficient (Wildman–Crippen LogP) is -15.8. The van der Waals surface area contributed by atoms with Crippen LogP contribution in [0.5, 0.6) is 0 Å². The zero-order chi connectivity index (χ0) is 78.5. The highest BCUT2D eigenvalue weighted by atomic mass is 32.3. The minimum atomic E-state index is -5.66. The third-order valence-electron chi connectivity index (χ3n) is 16.7. The summed E-state index contributed by atoms with van der Waals surface area (Å²) in [5, 5.41) is 163. The number of ether oxygens (including phenoxy) is 13. The third-order valence-corrected chi connectivity index (χ3v) is 19.7. The van der Waals surface area contributed by atoms with Crippen LogP contribution in [0, 0.1) is 5.92 Å². The van der Waals surface area contributed by atoms with Crippen LogP contribution in [-0.4, -0.2) is 417 Å². The summed E-state index contributed by atoms with van der Waals surface area (Å²) in [6.45, 7) is -11.2. The predicted molar refractivity (Wildman–Crippen MR) is 305 cm³/mol. The van der Waals surface area contributed by atoms with Gasteiger partial charge in [-0.15, -0.1) is 0 Å². The van der Waals surface area contributed by atoms with Gasteiger partial charge >= 0.3 is 72.8 Å². The standard InChI is InChI=1S/C43H72O55S7/c44-17-10-1-9(2-79-99(58,59)60)31(18(17)45)93-38-26(53)20(47)33(12(88-38)4-81-101(64,65)66)95-40-28(55)22(49)35(14(90-40)6-83-103(70,71)72)97-42-30(57)24(51)37(16(92-42)8-85-105(76,77)78)98-43-29(56)23(50)36(15(91-43)7-84-104(73,74)75)96-41-27(54)21(48)34(13(89-41)5-82-102(67,68)69)94-39-25(52)19(46)32(86-10)11(87-39)3-80-100(61,62)63/h9-57H,1-8H2,(H,58,59,60)(H,61,62,63)(H,64,65,66)(H,67,68,69)(H,70,71,72)(H,73,74,75)(H,76,77,78)/t9-,10+,11-,12-,13-,14-,15-,16-,17+,18-,19-,20-,21-,22-,23-,24-,25-,26-,27-,28-,29-,30-,31-,32-,33-,34-,35-,36-,37-,38-,39-,40-,41-,42-,43-/m1/s1. The van der Waals surface area contributed by atoms with Crippen LogP contribution in [0.2, 0.25) is 0 Å². The Balaban J connectivity index is 1.23. The van der Waals surface area contributed by atoms with Gasteiger partial charge in [0.05, 0.1) is 58.5 Å². The van der Waals surface area contributed by atoms with E-state index in [9.17, 15) is 162 Å². The van der Waals surface area contributed by atoms with Crippen molar-refractivity contribution >= 4 is 72.8 Å². The molecule has 0 spiro atoms. The van der Waals surface area contributed by atoms with Gasteiger partial charge in [0.15, 0.2) is 37.7 Å². The summed E-state index contributed by atoms with van der Waals surface area (Å²) >= 11 is 0. The van der Waals surface area contributed by atoms with Gasteiger partial charge in [-0.05, 0) is 6.42 Å². The molecule has 35 atom stereocenters. The summed E-state index contributed by atoms with van der Waals surface area (Å²) < 4.78 is 338. The van der Waals surface area contributed by atoms with Crippen LogP contribution in [0.15, 0.2) is 0 Å². The van der Waals surface area contributed by atoms with E-state index < -0.39 is 340 Å². The van der Waals surface area contributed by atoms with Crippen molar-refractivity contribution in [2.45, 2.75) is 215 Å². The molecule has 21 fully saturated rings. The highest BCUT2D eigenvalue weighted by Gasteiger charge is 2.60. The van der Waals surface area contributed by atoms with E-state index >= 15 is 0 Å². The maximum atomic E-state index is 12.0. The summed E-state index contributed by atoms with van der Waals surface area (Å²) in [5.74, 6) is -1.97. The normalized spacial score (nSPS) is 44.9. The summed E-state index contributed by atoms with van der Waals surface area (Å²) in [6.07, 6.45) is -89.7. The largest absolute Gasteiger partial charge is 0.397 e. The minimum absolute atomic E-state index is 1.06. The van der Waals surface area contributed by atoms with Crippen LogP contribution in [0.1, 0.15) is 6.42 Å². The van der Waals surface area contributed by atoms with E-state index in [-0.39, 0.29) is 0 Å². The van der Waals surface area contributed by atoms with Crippen molar-refractivity contribution in [2.24, 2.45) is 5.92 Å². The lowest BCUT2D eigenvalue weighted by atomic mass is 9.80. The molecule has 21 rings (SSSR count). The van der Waals surface area contributed by atoms with Crippen LogP contribution in [0.3, 0.4) is 0 Å². The molecule has 55 nitrogen and oxygen atoms in total. The Morgan fingerprint density at radius 3 is 0.562 bits per heavy atom. The van der Waals surface area contributed by atoms with Crippen molar-refractivity contribution in [2.75, 3.05) is 46.2 Å². The van der Waals surface area contributed by atoms with Gasteiger partial charge in [-0.1, -0.05) is 0 Å².